The normalized spacial score (nSPS) is 17.3. The number of ketones is 1. The van der Waals surface area contributed by atoms with Gasteiger partial charge in [-0.3, -0.25) is 19.5 Å². The molecule has 1 N–H and O–H groups in total. The minimum absolute atomic E-state index is 0.0866. The molecule has 2 aromatic carbocycles. The number of anilines is 1. The molecule has 1 amide bonds. The van der Waals surface area contributed by atoms with Gasteiger partial charge in [0, 0.05) is 23.0 Å². The maximum atomic E-state index is 13.3. The predicted molar refractivity (Wildman–Crippen MR) is 125 cm³/mol. The monoisotopic (exact) mass is 464 g/mol. The average Bonchev–Trinajstić information content (AvgIpc) is 3.09. The average molecular weight is 465 g/mol. The Morgan fingerprint density at radius 3 is 2.48 bits per heavy atom. The molecule has 3 aromatic rings. The molecule has 168 valence electrons. The van der Waals surface area contributed by atoms with E-state index in [0.717, 1.165) is 0 Å². The van der Waals surface area contributed by atoms with Crippen LogP contribution in [-0.2, 0) is 9.59 Å². The van der Waals surface area contributed by atoms with Crippen molar-refractivity contribution >= 4 is 34.7 Å². The molecular formula is C25H21ClN2O5. The number of aryl methyl sites for hydroxylation is 1. The lowest BCUT2D eigenvalue weighted by molar-refractivity contribution is -0.132. The molecule has 0 spiro atoms. The number of Topliss-reactive ketones (excluding diaryl/α,β-unsaturated/α-hetero) is 1. The van der Waals surface area contributed by atoms with Crippen LogP contribution in [0.15, 0.2) is 66.4 Å². The number of amides is 1. The van der Waals surface area contributed by atoms with Crippen molar-refractivity contribution in [1.29, 1.82) is 0 Å². The van der Waals surface area contributed by atoms with E-state index in [1.807, 2.05) is 0 Å². The van der Waals surface area contributed by atoms with E-state index in [-0.39, 0.29) is 16.9 Å². The molecule has 1 fully saturated rings. The van der Waals surface area contributed by atoms with Gasteiger partial charge in [-0.05, 0) is 55.0 Å². The Balaban J connectivity index is 1.97. The quantitative estimate of drug-likeness (QED) is 0.335. The zero-order valence-corrected chi connectivity index (χ0v) is 19.0. The molecule has 0 bridgehead atoms. The fourth-order valence-electron chi connectivity index (χ4n) is 3.93. The van der Waals surface area contributed by atoms with Gasteiger partial charge in [0.25, 0.3) is 11.7 Å². The van der Waals surface area contributed by atoms with Gasteiger partial charge in [-0.1, -0.05) is 17.7 Å². The van der Waals surface area contributed by atoms with Crippen LogP contribution in [0.2, 0.25) is 5.02 Å². The fourth-order valence-corrected chi connectivity index (χ4v) is 4.15. The highest BCUT2D eigenvalue weighted by Crippen LogP contribution is 2.44. The molecule has 0 saturated carbocycles. The Bertz CT molecular complexity index is 1270. The second kappa shape index (κ2) is 8.96. The lowest BCUT2D eigenvalue weighted by atomic mass is 9.97. The summed E-state index contributed by atoms with van der Waals surface area (Å²) in [6.45, 7) is 1.79. The minimum Gasteiger partial charge on any atom is -0.507 e. The van der Waals surface area contributed by atoms with Gasteiger partial charge in [-0.25, -0.2) is 0 Å². The Labute approximate surface area is 195 Å². The third kappa shape index (κ3) is 3.91. The first-order valence-electron chi connectivity index (χ1n) is 10.1. The number of aromatic nitrogens is 1. The van der Waals surface area contributed by atoms with Gasteiger partial charge in [-0.15, -0.1) is 0 Å². The van der Waals surface area contributed by atoms with Crippen molar-refractivity contribution in [3.8, 4) is 11.5 Å². The molecule has 8 heteroatoms. The summed E-state index contributed by atoms with van der Waals surface area (Å²) in [4.78, 5) is 32.2. The van der Waals surface area contributed by atoms with E-state index >= 15 is 0 Å². The topological polar surface area (TPSA) is 89.0 Å². The number of carbonyl (C=O) groups excluding carboxylic acids is 2. The van der Waals surface area contributed by atoms with Crippen molar-refractivity contribution in [2.45, 2.75) is 13.0 Å². The molecule has 33 heavy (non-hydrogen) atoms. The summed E-state index contributed by atoms with van der Waals surface area (Å²) < 4.78 is 10.6. The van der Waals surface area contributed by atoms with Crippen LogP contribution in [0.1, 0.15) is 22.9 Å². The number of aliphatic hydroxyl groups excluding tert-OH is 1. The maximum absolute atomic E-state index is 13.3. The van der Waals surface area contributed by atoms with Crippen molar-refractivity contribution in [1.82, 2.24) is 4.98 Å². The summed E-state index contributed by atoms with van der Waals surface area (Å²) in [6, 6.07) is 14.1. The van der Waals surface area contributed by atoms with Crippen molar-refractivity contribution in [2.24, 2.45) is 0 Å². The van der Waals surface area contributed by atoms with Crippen LogP contribution < -0.4 is 14.4 Å². The molecule has 0 aliphatic carbocycles. The fraction of sp³-hybridized carbons (Fsp3) is 0.160. The van der Waals surface area contributed by atoms with Crippen LogP contribution in [-0.4, -0.2) is 36.0 Å². The van der Waals surface area contributed by atoms with Crippen LogP contribution in [0.25, 0.3) is 5.76 Å². The lowest BCUT2D eigenvalue weighted by Crippen LogP contribution is -2.30. The number of hydrogen-bond donors (Lipinski definition) is 1. The van der Waals surface area contributed by atoms with Gasteiger partial charge < -0.3 is 14.6 Å². The molecule has 2 heterocycles. The number of methoxy groups -OCH3 is 2. The number of rotatable bonds is 5. The number of ether oxygens (including phenoxy) is 2. The van der Waals surface area contributed by atoms with E-state index in [0.29, 0.717) is 33.5 Å². The summed E-state index contributed by atoms with van der Waals surface area (Å²) in [7, 11) is 2.95. The summed E-state index contributed by atoms with van der Waals surface area (Å²) >= 11 is 6.10. The zero-order valence-electron chi connectivity index (χ0n) is 18.2. The lowest BCUT2D eigenvalue weighted by Gasteiger charge is -2.26. The SMILES string of the molecule is COc1ccc(/C(O)=C2/C(=O)C(=O)N(c3ccc(Cl)cc3C)C2c2ccccn2)c(OC)c1. The molecule has 1 aromatic heterocycles. The highest BCUT2D eigenvalue weighted by Gasteiger charge is 2.48. The molecule has 1 saturated heterocycles. The first-order valence-corrected chi connectivity index (χ1v) is 10.5. The molecule has 4 rings (SSSR count). The van der Waals surface area contributed by atoms with Crippen LogP contribution in [0.3, 0.4) is 0 Å². The number of nitrogens with zero attached hydrogens (tertiary/aromatic N) is 2. The molecular weight excluding hydrogens is 444 g/mol. The van der Waals surface area contributed by atoms with E-state index in [1.54, 1.807) is 67.7 Å². The van der Waals surface area contributed by atoms with Crippen molar-refractivity contribution < 1.29 is 24.2 Å². The Hall–Kier alpha value is -3.84. The third-order valence-electron chi connectivity index (χ3n) is 5.49. The molecule has 1 unspecified atom stereocenters. The second-order valence-corrected chi connectivity index (χ2v) is 7.86. The number of aliphatic hydroxyl groups is 1. The molecule has 1 aliphatic heterocycles. The Kier molecular flexibility index (Phi) is 6.07. The summed E-state index contributed by atoms with van der Waals surface area (Å²) in [6.07, 6.45) is 1.57. The summed E-state index contributed by atoms with van der Waals surface area (Å²) in [5.41, 5.74) is 1.80. The number of halogens is 1. The van der Waals surface area contributed by atoms with Gasteiger partial charge in [0.05, 0.1) is 31.1 Å². The van der Waals surface area contributed by atoms with E-state index < -0.39 is 17.7 Å². The number of hydrogen-bond acceptors (Lipinski definition) is 6. The van der Waals surface area contributed by atoms with Gasteiger partial charge in [0.2, 0.25) is 0 Å². The number of carbonyl (C=O) groups is 2. The molecule has 0 radical (unpaired) electrons. The van der Waals surface area contributed by atoms with Crippen LogP contribution in [0.4, 0.5) is 5.69 Å². The van der Waals surface area contributed by atoms with E-state index in [9.17, 15) is 14.7 Å². The van der Waals surface area contributed by atoms with Gasteiger partial charge in [0.15, 0.2) is 0 Å². The highest BCUT2D eigenvalue weighted by atomic mass is 35.5. The van der Waals surface area contributed by atoms with Crippen molar-refractivity contribution in [2.75, 3.05) is 19.1 Å². The first-order chi connectivity index (χ1) is 15.9. The van der Waals surface area contributed by atoms with Gasteiger partial charge in [-0.2, -0.15) is 0 Å². The number of benzene rings is 2. The maximum Gasteiger partial charge on any atom is 0.300 e. The van der Waals surface area contributed by atoms with E-state index in [1.165, 1.54) is 19.1 Å². The Morgan fingerprint density at radius 1 is 1.06 bits per heavy atom. The van der Waals surface area contributed by atoms with Crippen LogP contribution in [0, 0.1) is 6.92 Å². The molecule has 1 atom stereocenters. The van der Waals surface area contributed by atoms with Crippen molar-refractivity contribution in [3.63, 3.8) is 0 Å². The molecule has 1 aliphatic rings. The van der Waals surface area contributed by atoms with E-state index in [2.05, 4.69) is 4.98 Å². The molecule has 7 nitrogen and oxygen atoms in total. The predicted octanol–water partition coefficient (Wildman–Crippen LogP) is 4.69. The second-order valence-electron chi connectivity index (χ2n) is 7.42. The smallest absolute Gasteiger partial charge is 0.300 e. The van der Waals surface area contributed by atoms with Crippen LogP contribution >= 0.6 is 11.6 Å². The van der Waals surface area contributed by atoms with E-state index in [4.69, 9.17) is 21.1 Å². The summed E-state index contributed by atoms with van der Waals surface area (Å²) in [5, 5.41) is 11.8. The number of pyridine rings is 1. The first kappa shape index (κ1) is 22.4. The Morgan fingerprint density at radius 2 is 1.85 bits per heavy atom. The van der Waals surface area contributed by atoms with Crippen molar-refractivity contribution in [3.05, 3.63) is 88.2 Å². The van der Waals surface area contributed by atoms with Gasteiger partial charge in [0.1, 0.15) is 23.3 Å². The van der Waals surface area contributed by atoms with Crippen LogP contribution in [0.5, 0.6) is 11.5 Å². The zero-order chi connectivity index (χ0) is 23.7. The van der Waals surface area contributed by atoms with Gasteiger partial charge >= 0.3 is 0 Å². The summed E-state index contributed by atoms with van der Waals surface area (Å²) in [5.74, 6) is -1.15. The minimum atomic E-state index is -0.946. The standard InChI is InChI=1S/C25H21ClN2O5/c1-14-12-15(26)7-10-19(14)28-22(18-6-4-5-11-27-18)21(24(30)25(28)31)23(29)17-9-8-16(32-2)13-20(17)33-3/h4-13,22,29H,1-3H3/b23-21-. The largest absolute Gasteiger partial charge is 0.507 e. The third-order valence-corrected chi connectivity index (χ3v) is 5.73. The highest BCUT2D eigenvalue weighted by molar-refractivity contribution is 6.51.